The fourth-order valence-electron chi connectivity index (χ4n) is 3.96. The van der Waals surface area contributed by atoms with Crippen LogP contribution in [-0.2, 0) is 21.4 Å². The van der Waals surface area contributed by atoms with Crippen LogP contribution in [-0.4, -0.2) is 49.9 Å². The number of piperazine rings is 1. The summed E-state index contributed by atoms with van der Waals surface area (Å²) in [5, 5.41) is 0. The number of hydrogen-bond donors (Lipinski definition) is 0. The van der Waals surface area contributed by atoms with Crippen molar-refractivity contribution >= 4 is 32.8 Å². The molecule has 1 aliphatic rings. The van der Waals surface area contributed by atoms with Gasteiger partial charge in [0, 0.05) is 31.9 Å². The van der Waals surface area contributed by atoms with E-state index in [-0.39, 0.29) is 41.9 Å². The summed E-state index contributed by atoms with van der Waals surface area (Å²) in [6.45, 7) is 1.31. The molecule has 8 nitrogen and oxygen atoms in total. The molecule has 0 atom stereocenters. The molecule has 0 aliphatic carbocycles. The Morgan fingerprint density at radius 3 is 2.46 bits per heavy atom. The van der Waals surface area contributed by atoms with Crippen LogP contribution >= 0.6 is 0 Å². The van der Waals surface area contributed by atoms with Crippen molar-refractivity contribution in [3.63, 3.8) is 0 Å². The summed E-state index contributed by atoms with van der Waals surface area (Å²) in [4.78, 5) is 18.9. The lowest BCUT2D eigenvalue weighted by molar-refractivity contribution is 0.0440. The molecule has 0 amide bonds. The van der Waals surface area contributed by atoms with Crippen molar-refractivity contribution in [1.29, 1.82) is 0 Å². The van der Waals surface area contributed by atoms with Gasteiger partial charge in [-0.05, 0) is 54.6 Å². The third kappa shape index (κ3) is 4.89. The maximum Gasteiger partial charge on any atom is 0.338 e. The Bertz CT molecular complexity index is 1430. The monoisotopic (exact) mass is 495 g/mol. The summed E-state index contributed by atoms with van der Waals surface area (Å²) in [5.41, 5.74) is 2.21. The zero-order valence-corrected chi connectivity index (χ0v) is 19.4. The number of anilines is 1. The molecule has 1 aromatic heterocycles. The molecule has 3 aromatic carbocycles. The molecule has 0 N–H and O–H groups in total. The van der Waals surface area contributed by atoms with Crippen molar-refractivity contribution in [1.82, 2.24) is 9.29 Å². The Hall–Kier alpha value is -3.76. The van der Waals surface area contributed by atoms with Crippen LogP contribution in [0.15, 0.2) is 82.1 Å². The second-order valence-electron chi connectivity index (χ2n) is 8.05. The highest BCUT2D eigenvalue weighted by Crippen LogP contribution is 2.23. The number of rotatable bonds is 6. The normalized spacial score (nSPS) is 14.8. The van der Waals surface area contributed by atoms with Gasteiger partial charge in [0.1, 0.15) is 11.3 Å². The lowest BCUT2D eigenvalue weighted by atomic mass is 10.2. The van der Waals surface area contributed by atoms with Crippen molar-refractivity contribution in [2.75, 3.05) is 31.1 Å². The molecule has 0 saturated carbocycles. The van der Waals surface area contributed by atoms with Gasteiger partial charge in [0.2, 0.25) is 15.9 Å². The van der Waals surface area contributed by atoms with E-state index in [1.807, 2.05) is 17.0 Å². The lowest BCUT2D eigenvalue weighted by Crippen LogP contribution is -2.48. The molecule has 0 spiro atoms. The largest absolute Gasteiger partial charge is 0.452 e. The molecule has 1 saturated heterocycles. The van der Waals surface area contributed by atoms with Crippen LogP contribution < -0.4 is 4.90 Å². The predicted octanol–water partition coefficient (Wildman–Crippen LogP) is 3.83. The minimum absolute atomic E-state index is 0.0176. The summed E-state index contributed by atoms with van der Waals surface area (Å²) in [6.07, 6.45) is 0. The second kappa shape index (κ2) is 9.47. The molecule has 1 aliphatic heterocycles. The van der Waals surface area contributed by atoms with Crippen molar-refractivity contribution < 1.29 is 26.8 Å². The number of esters is 1. The molecule has 0 bridgehead atoms. The van der Waals surface area contributed by atoms with Gasteiger partial charge in [-0.2, -0.15) is 4.31 Å². The Morgan fingerprint density at radius 2 is 1.71 bits per heavy atom. The van der Waals surface area contributed by atoms with Gasteiger partial charge in [-0.25, -0.2) is 22.6 Å². The molecule has 2 heterocycles. The Labute approximate surface area is 201 Å². The van der Waals surface area contributed by atoms with Crippen molar-refractivity contribution in [3.8, 4) is 0 Å². The van der Waals surface area contributed by atoms with E-state index in [4.69, 9.17) is 9.15 Å². The molecule has 1 fully saturated rings. The molecule has 180 valence electrons. The number of halogens is 1. The Kier molecular flexibility index (Phi) is 6.23. The zero-order valence-electron chi connectivity index (χ0n) is 18.6. The van der Waals surface area contributed by atoms with Gasteiger partial charge < -0.3 is 14.1 Å². The van der Waals surface area contributed by atoms with Crippen molar-refractivity contribution in [2.45, 2.75) is 11.5 Å². The van der Waals surface area contributed by atoms with Crippen molar-refractivity contribution in [3.05, 3.63) is 90.1 Å². The molecule has 35 heavy (non-hydrogen) atoms. The van der Waals surface area contributed by atoms with Gasteiger partial charge in [0.15, 0.2) is 12.2 Å². The van der Waals surface area contributed by atoms with E-state index in [9.17, 15) is 17.6 Å². The second-order valence-corrected chi connectivity index (χ2v) is 9.98. The molecule has 5 rings (SSSR count). The highest BCUT2D eigenvalue weighted by molar-refractivity contribution is 7.89. The van der Waals surface area contributed by atoms with E-state index >= 15 is 0 Å². The highest BCUT2D eigenvalue weighted by Gasteiger charge is 2.29. The minimum Gasteiger partial charge on any atom is -0.452 e. The van der Waals surface area contributed by atoms with Crippen LogP contribution in [0.2, 0.25) is 0 Å². The number of nitrogens with zero attached hydrogens (tertiary/aromatic N) is 3. The van der Waals surface area contributed by atoms with Gasteiger partial charge in [-0.1, -0.05) is 18.2 Å². The maximum absolute atomic E-state index is 13.2. The summed E-state index contributed by atoms with van der Waals surface area (Å²) in [7, 11) is -3.81. The SMILES string of the molecule is O=C(OCc1nc2ccccc2o1)c1cccc(S(=O)(=O)N2CCN(c3ccc(F)cc3)CC2)c1. The number of carbonyl (C=O) groups excluding carboxylic acids is 1. The fraction of sp³-hybridized carbons (Fsp3) is 0.200. The molecular weight excluding hydrogens is 473 g/mol. The van der Waals surface area contributed by atoms with Crippen LogP contribution in [0.3, 0.4) is 0 Å². The first-order chi connectivity index (χ1) is 16.9. The standard InChI is InChI=1S/C25H22FN3O5S/c26-19-8-10-20(11-9-19)28-12-14-29(15-13-28)35(31,32)21-5-3-4-18(16-21)25(30)33-17-24-27-22-6-1-2-7-23(22)34-24/h1-11,16H,12-15,17H2. The van der Waals surface area contributed by atoms with Crippen molar-refractivity contribution in [2.24, 2.45) is 0 Å². The van der Waals surface area contributed by atoms with Gasteiger partial charge in [0.25, 0.3) is 0 Å². The molecule has 0 unspecified atom stereocenters. The first kappa shape index (κ1) is 23.0. The van der Waals surface area contributed by atoms with Crippen LogP contribution in [0.1, 0.15) is 16.2 Å². The zero-order chi connectivity index (χ0) is 24.4. The van der Waals surface area contributed by atoms with Crippen LogP contribution in [0.4, 0.5) is 10.1 Å². The number of hydrogen-bond acceptors (Lipinski definition) is 7. The number of para-hydroxylation sites is 2. The average molecular weight is 496 g/mol. The van der Waals surface area contributed by atoms with Crippen LogP contribution in [0.25, 0.3) is 11.1 Å². The van der Waals surface area contributed by atoms with Crippen LogP contribution in [0, 0.1) is 5.82 Å². The van der Waals surface area contributed by atoms with E-state index in [1.54, 1.807) is 24.3 Å². The van der Waals surface area contributed by atoms with Gasteiger partial charge >= 0.3 is 5.97 Å². The lowest BCUT2D eigenvalue weighted by Gasteiger charge is -2.35. The number of sulfonamides is 1. The number of oxazole rings is 1. The summed E-state index contributed by atoms with van der Waals surface area (Å²) in [5.74, 6) is -0.741. The molecule has 0 radical (unpaired) electrons. The molecule has 4 aromatic rings. The van der Waals surface area contributed by atoms with Gasteiger partial charge in [0.05, 0.1) is 10.5 Å². The van der Waals surface area contributed by atoms with Gasteiger partial charge in [-0.3, -0.25) is 0 Å². The smallest absolute Gasteiger partial charge is 0.338 e. The summed E-state index contributed by atoms with van der Waals surface area (Å²) >= 11 is 0. The van der Waals surface area contributed by atoms with E-state index in [0.29, 0.717) is 24.2 Å². The number of ether oxygens (including phenoxy) is 1. The number of benzene rings is 3. The first-order valence-corrected chi connectivity index (χ1v) is 12.5. The van der Waals surface area contributed by atoms with E-state index < -0.39 is 16.0 Å². The average Bonchev–Trinajstić information content (AvgIpc) is 3.31. The predicted molar refractivity (Wildman–Crippen MR) is 127 cm³/mol. The van der Waals surface area contributed by atoms with Gasteiger partial charge in [-0.15, -0.1) is 0 Å². The molecule has 10 heteroatoms. The van der Waals surface area contributed by atoms with E-state index in [1.165, 1.54) is 40.7 Å². The molecular formula is C25H22FN3O5S. The van der Waals surface area contributed by atoms with E-state index in [0.717, 1.165) is 5.69 Å². The number of aromatic nitrogens is 1. The minimum atomic E-state index is -3.81. The first-order valence-electron chi connectivity index (χ1n) is 11.0. The third-order valence-corrected chi connectivity index (χ3v) is 7.70. The maximum atomic E-state index is 13.2. The fourth-order valence-corrected chi connectivity index (χ4v) is 5.43. The highest BCUT2D eigenvalue weighted by atomic mass is 32.2. The number of carbonyl (C=O) groups is 1. The number of fused-ring (bicyclic) bond motifs is 1. The topological polar surface area (TPSA) is 92.9 Å². The summed E-state index contributed by atoms with van der Waals surface area (Å²) in [6, 6.07) is 19.1. The quantitative estimate of drug-likeness (QED) is 0.375. The van der Waals surface area contributed by atoms with Crippen LogP contribution in [0.5, 0.6) is 0 Å². The Balaban J connectivity index is 1.24. The Morgan fingerprint density at radius 1 is 0.971 bits per heavy atom. The van der Waals surface area contributed by atoms with E-state index in [2.05, 4.69) is 4.98 Å². The summed E-state index contributed by atoms with van der Waals surface area (Å²) < 4.78 is 51.8. The third-order valence-electron chi connectivity index (χ3n) is 5.80.